The highest BCUT2D eigenvalue weighted by atomic mass is 32.3. The molecule has 0 saturated heterocycles. The number of rotatable bonds is 0. The first-order valence-electron chi connectivity index (χ1n) is 15.0. The van der Waals surface area contributed by atoms with Gasteiger partial charge in [0, 0.05) is 67.1 Å². The molecule has 0 unspecified atom stereocenters. The fourth-order valence-electron chi connectivity index (χ4n) is 4.35. The minimum Gasteiger partial charge on any atom is -0.759 e. The molecule has 0 fully saturated rings. The molecule has 4 aromatic carbocycles. The van der Waals surface area contributed by atoms with E-state index < -0.39 is 20.8 Å². The maximum atomic E-state index is 9.31. The van der Waals surface area contributed by atoms with Crippen molar-refractivity contribution in [2.24, 2.45) is 0 Å². The standard InChI is InChI=1S/4C9H7NO.2H2O4S.H2O/c4*11-8-5-1-3-7-4-2-6-10-9(7)8;2*1-5(2,3)4;/h4*1-6,11H;2*(H2,1,2,3,4);1H2/p-4. The van der Waals surface area contributed by atoms with Gasteiger partial charge in [0.15, 0.2) is 0 Å². The number of phenolic OH excluding ortho intramolecular Hbond substituents is 4. The molecule has 0 saturated carbocycles. The van der Waals surface area contributed by atoms with E-state index in [-0.39, 0.29) is 28.5 Å². The van der Waals surface area contributed by atoms with Gasteiger partial charge in [0.05, 0.1) is 0 Å². The van der Waals surface area contributed by atoms with Gasteiger partial charge in [-0.3, -0.25) is 36.8 Å². The lowest BCUT2D eigenvalue weighted by molar-refractivity contribution is 0.350. The van der Waals surface area contributed by atoms with E-state index in [0.717, 1.165) is 21.5 Å². The molecule has 0 bridgehead atoms. The molecule has 8 rings (SSSR count). The molecule has 0 aliphatic carbocycles. The zero-order valence-corrected chi connectivity index (χ0v) is 29.6. The number of aromatic hydroxyl groups is 4. The van der Waals surface area contributed by atoms with Gasteiger partial charge in [-0.25, -0.2) is 0 Å². The van der Waals surface area contributed by atoms with Crippen LogP contribution in [0.4, 0.5) is 0 Å². The predicted molar refractivity (Wildman–Crippen MR) is 198 cm³/mol. The van der Waals surface area contributed by atoms with Crippen LogP contribution in [0.2, 0.25) is 0 Å². The number of hydrogen-bond donors (Lipinski definition) is 4. The third-order valence-electron chi connectivity index (χ3n) is 6.45. The van der Waals surface area contributed by atoms with Gasteiger partial charge in [-0.05, 0) is 48.5 Å². The third-order valence-corrected chi connectivity index (χ3v) is 6.45. The smallest absolute Gasteiger partial charge is 0.141 e. The Morgan fingerprint density at radius 1 is 0.345 bits per heavy atom. The van der Waals surface area contributed by atoms with E-state index in [1.807, 2.05) is 72.8 Å². The van der Waals surface area contributed by atoms with Crippen molar-refractivity contribution < 1.29 is 60.9 Å². The zero-order valence-electron chi connectivity index (χ0n) is 28.0. The summed E-state index contributed by atoms with van der Waals surface area (Å²) >= 11 is 0. The van der Waals surface area contributed by atoms with Crippen molar-refractivity contribution in [3.8, 4) is 23.0 Å². The van der Waals surface area contributed by atoms with Gasteiger partial charge in [-0.1, -0.05) is 72.8 Å². The summed E-state index contributed by atoms with van der Waals surface area (Å²) in [7, 11) is -10.3. The lowest BCUT2D eigenvalue weighted by atomic mass is 10.2. The second-order valence-electron chi connectivity index (χ2n) is 10.2. The zero-order chi connectivity index (χ0) is 39.7. The Kier molecular flexibility index (Phi) is 17.2. The predicted octanol–water partition coefficient (Wildman–Crippen LogP) is 4.26. The minimum absolute atomic E-state index is 0. The SMILES string of the molecule is O.O=S(=O)([O-])[O-].O=S(=O)([O-])[O-].Oc1cccc2cccnc12.Oc1cccc2cccnc12.Oc1cccc2cccnc12.Oc1cccc2cccnc12. The average molecular weight is 791 g/mol. The number of phenols is 4. The minimum atomic E-state index is -5.17. The summed E-state index contributed by atoms with van der Waals surface area (Å²) < 4.78 is 68.2. The molecule has 6 N–H and O–H groups in total. The molecule has 4 heterocycles. The van der Waals surface area contributed by atoms with Crippen LogP contribution in [0.25, 0.3) is 43.6 Å². The lowest BCUT2D eigenvalue weighted by Crippen LogP contribution is -1.91. The van der Waals surface area contributed by atoms with Gasteiger partial charge in [-0.2, -0.15) is 0 Å². The van der Waals surface area contributed by atoms with Gasteiger partial charge in [0.25, 0.3) is 0 Å². The summed E-state index contributed by atoms with van der Waals surface area (Å²) in [5.41, 5.74) is 2.65. The first kappa shape index (κ1) is 44.6. The van der Waals surface area contributed by atoms with E-state index in [2.05, 4.69) is 19.9 Å². The summed E-state index contributed by atoms with van der Waals surface area (Å²) in [6.45, 7) is 0. The van der Waals surface area contributed by atoms with Crippen molar-refractivity contribution in [3.05, 3.63) is 146 Å². The van der Waals surface area contributed by atoms with Crippen LogP contribution in [-0.4, -0.2) is 80.9 Å². The van der Waals surface area contributed by atoms with Crippen LogP contribution in [-0.2, 0) is 20.8 Å². The summed E-state index contributed by atoms with van der Waals surface area (Å²) in [5.74, 6) is 0.956. The summed E-state index contributed by atoms with van der Waals surface area (Å²) in [6, 6.07) is 36.5. The fraction of sp³-hybridized carbons (Fsp3) is 0. The van der Waals surface area contributed by atoms with Crippen LogP contribution >= 0.6 is 0 Å². The Labute approximate surface area is 313 Å². The maximum absolute atomic E-state index is 9.31. The molecular weight excluding hydrogens is 761 g/mol. The van der Waals surface area contributed by atoms with Crippen molar-refractivity contribution in [1.29, 1.82) is 0 Å². The van der Waals surface area contributed by atoms with Crippen molar-refractivity contribution in [2.75, 3.05) is 0 Å². The molecule has 0 radical (unpaired) electrons. The normalized spacial score (nSPS) is 10.3. The van der Waals surface area contributed by atoms with E-state index in [1.165, 1.54) is 0 Å². The Bertz CT molecular complexity index is 2290. The van der Waals surface area contributed by atoms with Crippen molar-refractivity contribution >= 4 is 64.4 Å². The summed E-state index contributed by atoms with van der Waals surface area (Å²) in [5, 5.41) is 41.1. The fourth-order valence-corrected chi connectivity index (χ4v) is 4.35. The van der Waals surface area contributed by atoms with Gasteiger partial charge in [0.2, 0.25) is 0 Å². The molecule has 0 spiro atoms. The molecule has 0 atom stereocenters. The van der Waals surface area contributed by atoms with Crippen LogP contribution in [0, 0.1) is 0 Å². The molecule has 17 nitrogen and oxygen atoms in total. The Morgan fingerprint density at radius 2 is 0.509 bits per heavy atom. The molecule has 288 valence electrons. The number of nitrogens with zero attached hydrogens (tertiary/aromatic N) is 4. The highest BCUT2D eigenvalue weighted by Gasteiger charge is 1.99. The van der Waals surface area contributed by atoms with Gasteiger partial charge in [0.1, 0.15) is 45.1 Å². The Balaban J connectivity index is 0.000000234. The first-order chi connectivity index (χ1) is 25.5. The largest absolute Gasteiger partial charge is 0.759 e. The maximum Gasteiger partial charge on any atom is 0.141 e. The molecule has 55 heavy (non-hydrogen) atoms. The van der Waals surface area contributed by atoms with Gasteiger partial charge >= 0.3 is 0 Å². The number of hydrogen-bond acceptors (Lipinski definition) is 16. The van der Waals surface area contributed by atoms with Crippen LogP contribution in [0.15, 0.2) is 146 Å². The van der Waals surface area contributed by atoms with E-state index in [9.17, 15) is 20.4 Å². The van der Waals surface area contributed by atoms with Crippen LogP contribution in [0.3, 0.4) is 0 Å². The molecule has 0 amide bonds. The average Bonchev–Trinajstić information content (AvgIpc) is 3.12. The molecule has 0 aliphatic heterocycles. The van der Waals surface area contributed by atoms with Crippen LogP contribution < -0.4 is 0 Å². The van der Waals surface area contributed by atoms with Crippen LogP contribution in [0.1, 0.15) is 0 Å². The van der Waals surface area contributed by atoms with E-state index in [0.29, 0.717) is 22.1 Å². The molecule has 8 aromatic rings. The Hall–Kier alpha value is -6.58. The topological polar surface area (TPSA) is 324 Å². The number of aromatic nitrogens is 4. The second kappa shape index (κ2) is 21.2. The Morgan fingerprint density at radius 3 is 0.673 bits per heavy atom. The number of para-hydroxylation sites is 4. The van der Waals surface area contributed by atoms with Gasteiger partial charge < -0.3 is 44.1 Å². The third kappa shape index (κ3) is 16.3. The van der Waals surface area contributed by atoms with Crippen molar-refractivity contribution in [2.45, 2.75) is 0 Å². The number of benzene rings is 4. The highest BCUT2D eigenvalue weighted by Crippen LogP contribution is 2.23. The molecular formula is C36H30N4O13S2-4. The van der Waals surface area contributed by atoms with E-state index in [4.69, 9.17) is 35.0 Å². The molecule has 4 aromatic heterocycles. The second-order valence-corrected chi connectivity index (χ2v) is 11.9. The van der Waals surface area contributed by atoms with Crippen LogP contribution in [0.5, 0.6) is 23.0 Å². The first-order valence-corrected chi connectivity index (χ1v) is 17.6. The van der Waals surface area contributed by atoms with Crippen molar-refractivity contribution in [1.82, 2.24) is 19.9 Å². The number of pyridine rings is 4. The lowest BCUT2D eigenvalue weighted by Gasteiger charge is -2.06. The molecule has 0 aliphatic rings. The summed E-state index contributed by atoms with van der Waals surface area (Å²) in [4.78, 5) is 16.1. The van der Waals surface area contributed by atoms with Gasteiger partial charge in [-0.15, -0.1) is 0 Å². The molecule has 19 heteroatoms. The van der Waals surface area contributed by atoms with E-state index >= 15 is 0 Å². The van der Waals surface area contributed by atoms with E-state index in [1.54, 1.807) is 73.3 Å². The monoisotopic (exact) mass is 790 g/mol. The van der Waals surface area contributed by atoms with Crippen molar-refractivity contribution in [3.63, 3.8) is 0 Å². The summed E-state index contributed by atoms with van der Waals surface area (Å²) in [6.07, 6.45) is 6.67. The number of fused-ring (bicyclic) bond motifs is 4. The highest BCUT2D eigenvalue weighted by molar-refractivity contribution is 7.79. The quantitative estimate of drug-likeness (QED) is 0.123.